The van der Waals surface area contributed by atoms with Gasteiger partial charge in [0.2, 0.25) is 0 Å². The molecule has 0 aliphatic rings. The molecule has 2 aromatic carbocycles. The summed E-state index contributed by atoms with van der Waals surface area (Å²) in [4.78, 5) is 4.53. The first kappa shape index (κ1) is 19.0. The minimum Gasteiger partial charge on any atom is -0.486 e. The molecule has 1 N–H and O–H groups in total. The van der Waals surface area contributed by atoms with E-state index in [1.807, 2.05) is 24.4 Å². The Balaban J connectivity index is 1.62. The van der Waals surface area contributed by atoms with Gasteiger partial charge in [-0.15, -0.1) is 11.3 Å². The molecular weight excluding hydrogens is 413 g/mol. The molecule has 0 unspecified atom stereocenters. The summed E-state index contributed by atoms with van der Waals surface area (Å²) in [6.07, 6.45) is 0. The van der Waals surface area contributed by atoms with Gasteiger partial charge in [-0.1, -0.05) is 34.8 Å². The molecule has 0 aliphatic heterocycles. The molecule has 8 heteroatoms. The summed E-state index contributed by atoms with van der Waals surface area (Å²) in [5.74, 6) is 0.744. The van der Waals surface area contributed by atoms with Crippen LogP contribution in [0.4, 0.5) is 5.69 Å². The fourth-order valence-electron chi connectivity index (χ4n) is 2.00. The van der Waals surface area contributed by atoms with E-state index < -0.39 is 0 Å². The number of hydrazone groups is 1. The van der Waals surface area contributed by atoms with Crippen molar-refractivity contribution in [2.24, 2.45) is 5.10 Å². The monoisotopic (exact) mass is 425 g/mol. The van der Waals surface area contributed by atoms with Gasteiger partial charge in [-0.25, -0.2) is 4.98 Å². The number of halogens is 3. The summed E-state index contributed by atoms with van der Waals surface area (Å²) in [5, 5.41) is 8.90. The molecule has 26 heavy (non-hydrogen) atoms. The number of rotatable bonds is 6. The molecule has 3 rings (SSSR count). The Labute approximate surface area is 170 Å². The number of nitrogens with zero attached hydrogens (tertiary/aromatic N) is 2. The SMILES string of the molecule is CC(=NNc1cc(Cl)ccc1Cl)c1csc(COc2ccc(Cl)cc2)n1. The third-order valence-electron chi connectivity index (χ3n) is 3.37. The molecule has 0 amide bonds. The van der Waals surface area contributed by atoms with Gasteiger partial charge in [0, 0.05) is 15.4 Å². The Morgan fingerprint density at radius 1 is 1.12 bits per heavy atom. The van der Waals surface area contributed by atoms with Gasteiger partial charge >= 0.3 is 0 Å². The predicted octanol–water partition coefficient (Wildman–Crippen LogP) is 6.52. The highest BCUT2D eigenvalue weighted by Crippen LogP contribution is 2.25. The maximum absolute atomic E-state index is 6.11. The minimum atomic E-state index is 0.382. The van der Waals surface area contributed by atoms with E-state index >= 15 is 0 Å². The number of hydrogen-bond acceptors (Lipinski definition) is 5. The molecule has 134 valence electrons. The zero-order chi connectivity index (χ0) is 18.5. The highest BCUT2D eigenvalue weighted by molar-refractivity contribution is 7.09. The largest absolute Gasteiger partial charge is 0.486 e. The van der Waals surface area contributed by atoms with E-state index in [1.165, 1.54) is 11.3 Å². The zero-order valence-corrected chi connectivity index (χ0v) is 16.8. The highest BCUT2D eigenvalue weighted by atomic mass is 35.5. The van der Waals surface area contributed by atoms with E-state index in [0.717, 1.165) is 22.2 Å². The van der Waals surface area contributed by atoms with Gasteiger partial charge in [-0.2, -0.15) is 5.10 Å². The molecule has 0 saturated heterocycles. The predicted molar refractivity (Wildman–Crippen MR) is 110 cm³/mol. The molecule has 1 aromatic heterocycles. The summed E-state index contributed by atoms with van der Waals surface area (Å²) >= 11 is 19.4. The van der Waals surface area contributed by atoms with E-state index in [-0.39, 0.29) is 0 Å². The number of hydrogen-bond donors (Lipinski definition) is 1. The molecule has 0 fully saturated rings. The van der Waals surface area contributed by atoms with Crippen LogP contribution < -0.4 is 10.2 Å². The molecule has 0 aliphatic carbocycles. The molecule has 0 radical (unpaired) electrons. The van der Waals surface area contributed by atoms with Crippen molar-refractivity contribution in [2.75, 3.05) is 5.43 Å². The van der Waals surface area contributed by atoms with Gasteiger partial charge < -0.3 is 4.74 Å². The maximum Gasteiger partial charge on any atom is 0.140 e. The third-order valence-corrected chi connectivity index (χ3v) is 5.01. The van der Waals surface area contributed by atoms with E-state index in [4.69, 9.17) is 39.5 Å². The van der Waals surface area contributed by atoms with Crippen LogP contribution in [0, 0.1) is 0 Å². The first-order valence-corrected chi connectivity index (χ1v) is 9.61. The lowest BCUT2D eigenvalue weighted by Crippen LogP contribution is -2.02. The highest BCUT2D eigenvalue weighted by Gasteiger charge is 2.07. The zero-order valence-electron chi connectivity index (χ0n) is 13.7. The quantitative estimate of drug-likeness (QED) is 0.360. The Kier molecular flexibility index (Phi) is 6.38. The standard InChI is InChI=1S/C18H14Cl3N3OS/c1-11(23-24-16-8-13(20)4-7-15(16)21)17-10-26-18(22-17)9-25-14-5-2-12(19)3-6-14/h2-8,10,24H,9H2,1H3. The van der Waals surface area contributed by atoms with Gasteiger partial charge in [0.15, 0.2) is 0 Å². The number of nitrogens with one attached hydrogen (secondary N) is 1. The summed E-state index contributed by atoms with van der Waals surface area (Å²) < 4.78 is 5.70. The molecule has 4 nitrogen and oxygen atoms in total. The van der Waals surface area contributed by atoms with Crippen LogP contribution in [0.5, 0.6) is 5.75 Å². The number of benzene rings is 2. The average Bonchev–Trinajstić information content (AvgIpc) is 3.11. The van der Waals surface area contributed by atoms with Gasteiger partial charge in [0.25, 0.3) is 0 Å². The van der Waals surface area contributed by atoms with Gasteiger partial charge in [-0.05, 0) is 49.4 Å². The van der Waals surface area contributed by atoms with Crippen molar-refractivity contribution in [1.82, 2.24) is 4.98 Å². The topological polar surface area (TPSA) is 46.5 Å². The average molecular weight is 427 g/mol. The molecule has 0 spiro atoms. The summed E-state index contributed by atoms with van der Waals surface area (Å²) in [6, 6.07) is 12.4. The van der Waals surface area contributed by atoms with Crippen LogP contribution in [-0.2, 0) is 6.61 Å². The van der Waals surface area contributed by atoms with Crippen molar-refractivity contribution in [1.29, 1.82) is 0 Å². The molecule has 1 heterocycles. The second kappa shape index (κ2) is 8.73. The fraction of sp³-hybridized carbons (Fsp3) is 0.111. The number of ether oxygens (including phenoxy) is 1. The number of anilines is 1. The van der Waals surface area contributed by atoms with Crippen molar-refractivity contribution in [3.05, 3.63) is 73.6 Å². The van der Waals surface area contributed by atoms with Crippen LogP contribution in [0.3, 0.4) is 0 Å². The Hall–Kier alpha value is -1.79. The molecule has 0 bridgehead atoms. The maximum atomic E-state index is 6.11. The molecule has 0 atom stereocenters. The lowest BCUT2D eigenvalue weighted by Gasteiger charge is -2.05. The number of thiazole rings is 1. The summed E-state index contributed by atoms with van der Waals surface area (Å²) in [5.41, 5.74) is 5.06. The Morgan fingerprint density at radius 3 is 2.62 bits per heavy atom. The van der Waals surface area contributed by atoms with E-state index in [1.54, 1.807) is 30.3 Å². The normalized spacial score (nSPS) is 11.5. The van der Waals surface area contributed by atoms with Crippen LogP contribution >= 0.6 is 46.1 Å². The summed E-state index contributed by atoms with van der Waals surface area (Å²) in [7, 11) is 0. The van der Waals surface area contributed by atoms with Crippen molar-refractivity contribution >= 4 is 57.5 Å². The lowest BCUT2D eigenvalue weighted by molar-refractivity contribution is 0.305. The first-order valence-electron chi connectivity index (χ1n) is 7.60. The smallest absolute Gasteiger partial charge is 0.140 e. The van der Waals surface area contributed by atoms with E-state index in [9.17, 15) is 0 Å². The lowest BCUT2D eigenvalue weighted by atomic mass is 10.3. The van der Waals surface area contributed by atoms with E-state index in [0.29, 0.717) is 27.4 Å². The number of aromatic nitrogens is 1. The Morgan fingerprint density at radius 2 is 1.85 bits per heavy atom. The minimum absolute atomic E-state index is 0.382. The molecular formula is C18H14Cl3N3OS. The van der Waals surface area contributed by atoms with Gasteiger partial charge in [0.1, 0.15) is 17.4 Å². The van der Waals surface area contributed by atoms with Crippen molar-refractivity contribution in [2.45, 2.75) is 13.5 Å². The molecule has 3 aromatic rings. The second-order valence-corrected chi connectivity index (χ2v) is 7.52. The van der Waals surface area contributed by atoms with Crippen molar-refractivity contribution in [3.63, 3.8) is 0 Å². The second-order valence-electron chi connectivity index (χ2n) is 5.30. The van der Waals surface area contributed by atoms with Crippen LogP contribution in [0.25, 0.3) is 0 Å². The van der Waals surface area contributed by atoms with Crippen LogP contribution in [-0.4, -0.2) is 10.7 Å². The summed E-state index contributed by atoms with van der Waals surface area (Å²) in [6.45, 7) is 2.25. The van der Waals surface area contributed by atoms with E-state index in [2.05, 4.69) is 15.5 Å². The fourth-order valence-corrected chi connectivity index (χ4v) is 3.21. The van der Waals surface area contributed by atoms with Crippen molar-refractivity contribution < 1.29 is 4.74 Å². The van der Waals surface area contributed by atoms with Crippen LogP contribution in [0.2, 0.25) is 15.1 Å². The van der Waals surface area contributed by atoms with Gasteiger partial charge in [-0.3, -0.25) is 5.43 Å². The third kappa shape index (κ3) is 5.11. The molecule has 0 saturated carbocycles. The first-order chi connectivity index (χ1) is 12.5. The van der Waals surface area contributed by atoms with Crippen molar-refractivity contribution in [3.8, 4) is 5.75 Å². The van der Waals surface area contributed by atoms with Crippen LogP contribution in [0.1, 0.15) is 17.6 Å². The Bertz CT molecular complexity index is 926. The van der Waals surface area contributed by atoms with Crippen LogP contribution in [0.15, 0.2) is 52.9 Å². The van der Waals surface area contributed by atoms with Gasteiger partial charge in [0.05, 0.1) is 22.1 Å².